The maximum Gasteiger partial charge on any atom is 0.337 e. The number of ether oxygens (including phenoxy) is 1. The molecule has 0 aliphatic carbocycles. The molecule has 1 saturated heterocycles. The molecule has 0 spiro atoms. The lowest BCUT2D eigenvalue weighted by atomic mass is 10.0. The molecule has 1 aliphatic rings. The van der Waals surface area contributed by atoms with Crippen molar-refractivity contribution >= 4 is 23.6 Å². The van der Waals surface area contributed by atoms with Gasteiger partial charge in [-0.1, -0.05) is 29.8 Å². The Bertz CT molecular complexity index is 878. The van der Waals surface area contributed by atoms with E-state index in [0.717, 1.165) is 11.6 Å². The highest BCUT2D eigenvalue weighted by Crippen LogP contribution is 2.24. The molecule has 2 aromatic rings. The largest absolute Gasteiger partial charge is 0.465 e. The Morgan fingerprint density at radius 1 is 1.32 bits per heavy atom. The van der Waals surface area contributed by atoms with Gasteiger partial charge in [-0.2, -0.15) is 0 Å². The number of hydrogen-bond donors (Lipinski definition) is 2. The SMILES string of the molecule is COC(=O)c1ccc(CNC(=O)N2CCNCC2c2cccc(Cl)c2)c(F)c1. The zero-order chi connectivity index (χ0) is 20.1. The smallest absolute Gasteiger partial charge is 0.337 e. The number of carbonyl (C=O) groups is 2. The molecule has 8 heteroatoms. The molecule has 0 saturated carbocycles. The molecule has 1 unspecified atom stereocenters. The first-order chi connectivity index (χ1) is 13.5. The second kappa shape index (κ2) is 9.03. The second-order valence-electron chi connectivity index (χ2n) is 6.42. The van der Waals surface area contributed by atoms with Gasteiger partial charge >= 0.3 is 12.0 Å². The molecule has 2 aromatic carbocycles. The third-order valence-corrected chi connectivity index (χ3v) is 4.88. The standard InChI is InChI=1S/C20H21ClFN3O3/c1-28-19(26)14-5-6-15(17(22)10-14)11-24-20(27)25-8-7-23-12-18(25)13-3-2-4-16(21)9-13/h2-6,9-10,18,23H,7-8,11-12H2,1H3,(H,24,27). The van der Waals surface area contributed by atoms with Gasteiger partial charge in [0.15, 0.2) is 0 Å². The Balaban J connectivity index is 1.68. The van der Waals surface area contributed by atoms with Gasteiger partial charge in [0, 0.05) is 36.8 Å². The number of amides is 2. The molecule has 1 heterocycles. The fraction of sp³-hybridized carbons (Fsp3) is 0.300. The number of carbonyl (C=O) groups excluding carboxylic acids is 2. The number of benzene rings is 2. The summed E-state index contributed by atoms with van der Waals surface area (Å²) in [6.45, 7) is 1.81. The van der Waals surface area contributed by atoms with Crippen molar-refractivity contribution in [2.75, 3.05) is 26.7 Å². The zero-order valence-electron chi connectivity index (χ0n) is 15.4. The summed E-state index contributed by atoms with van der Waals surface area (Å²) in [4.78, 5) is 25.9. The van der Waals surface area contributed by atoms with E-state index in [1.807, 2.05) is 18.2 Å². The predicted molar refractivity (Wildman–Crippen MR) is 104 cm³/mol. The fourth-order valence-electron chi connectivity index (χ4n) is 3.17. The van der Waals surface area contributed by atoms with Gasteiger partial charge in [-0.3, -0.25) is 0 Å². The normalized spacial score (nSPS) is 16.5. The fourth-order valence-corrected chi connectivity index (χ4v) is 3.37. The van der Waals surface area contributed by atoms with Gasteiger partial charge in [-0.05, 0) is 29.8 Å². The van der Waals surface area contributed by atoms with E-state index in [9.17, 15) is 14.0 Å². The molecule has 0 bridgehead atoms. The molecule has 148 valence electrons. The number of piperazine rings is 1. The van der Waals surface area contributed by atoms with E-state index in [1.54, 1.807) is 11.0 Å². The minimum absolute atomic E-state index is 0.0122. The van der Waals surface area contributed by atoms with Gasteiger partial charge in [0.2, 0.25) is 0 Å². The number of esters is 1. The summed E-state index contributed by atoms with van der Waals surface area (Å²) in [6.07, 6.45) is 0. The molecule has 28 heavy (non-hydrogen) atoms. The van der Waals surface area contributed by atoms with E-state index >= 15 is 0 Å². The average Bonchev–Trinajstić information content (AvgIpc) is 2.72. The molecule has 1 fully saturated rings. The van der Waals surface area contributed by atoms with Crippen molar-refractivity contribution in [3.63, 3.8) is 0 Å². The van der Waals surface area contributed by atoms with Gasteiger partial charge < -0.3 is 20.3 Å². The molecule has 2 N–H and O–H groups in total. The highest BCUT2D eigenvalue weighted by molar-refractivity contribution is 6.30. The van der Waals surface area contributed by atoms with Crippen LogP contribution in [0.5, 0.6) is 0 Å². The van der Waals surface area contributed by atoms with E-state index < -0.39 is 11.8 Å². The number of urea groups is 1. The number of rotatable bonds is 4. The summed E-state index contributed by atoms with van der Waals surface area (Å²) >= 11 is 6.08. The Morgan fingerprint density at radius 3 is 2.86 bits per heavy atom. The van der Waals surface area contributed by atoms with E-state index in [2.05, 4.69) is 15.4 Å². The lowest BCUT2D eigenvalue weighted by Crippen LogP contribution is -2.51. The van der Waals surface area contributed by atoms with Crippen LogP contribution in [0.15, 0.2) is 42.5 Å². The Kier molecular flexibility index (Phi) is 6.49. The van der Waals surface area contributed by atoms with Crippen molar-refractivity contribution in [3.8, 4) is 0 Å². The van der Waals surface area contributed by atoms with Crippen LogP contribution in [0, 0.1) is 5.82 Å². The zero-order valence-corrected chi connectivity index (χ0v) is 16.1. The lowest BCUT2D eigenvalue weighted by molar-refractivity contribution is 0.0600. The van der Waals surface area contributed by atoms with Gasteiger partial charge in [-0.15, -0.1) is 0 Å². The van der Waals surface area contributed by atoms with E-state index in [4.69, 9.17) is 11.6 Å². The predicted octanol–water partition coefficient (Wildman–Crippen LogP) is 3.12. The maximum atomic E-state index is 14.2. The monoisotopic (exact) mass is 405 g/mol. The van der Waals surface area contributed by atoms with Crippen molar-refractivity contribution in [1.29, 1.82) is 0 Å². The van der Waals surface area contributed by atoms with Crippen LogP contribution in [0.25, 0.3) is 0 Å². The van der Waals surface area contributed by atoms with Gasteiger partial charge in [-0.25, -0.2) is 14.0 Å². The maximum absolute atomic E-state index is 14.2. The van der Waals surface area contributed by atoms with Crippen LogP contribution in [-0.2, 0) is 11.3 Å². The van der Waals surface area contributed by atoms with Crippen molar-refractivity contribution in [3.05, 3.63) is 70.0 Å². The Labute approximate surface area is 167 Å². The van der Waals surface area contributed by atoms with Gasteiger partial charge in [0.1, 0.15) is 5.82 Å². The molecule has 1 atom stereocenters. The number of halogens is 2. The van der Waals surface area contributed by atoms with Crippen LogP contribution < -0.4 is 10.6 Å². The molecule has 0 aromatic heterocycles. The van der Waals surface area contributed by atoms with Crippen molar-refractivity contribution < 1.29 is 18.7 Å². The molecule has 1 aliphatic heterocycles. The number of nitrogens with one attached hydrogen (secondary N) is 2. The quantitative estimate of drug-likeness (QED) is 0.767. The van der Waals surface area contributed by atoms with E-state index in [1.165, 1.54) is 19.2 Å². The second-order valence-corrected chi connectivity index (χ2v) is 6.86. The third-order valence-electron chi connectivity index (χ3n) is 4.64. The summed E-state index contributed by atoms with van der Waals surface area (Å²) in [5, 5.41) is 6.64. The highest BCUT2D eigenvalue weighted by Gasteiger charge is 2.28. The summed E-state index contributed by atoms with van der Waals surface area (Å²) in [5.74, 6) is -1.19. The minimum atomic E-state index is -0.611. The molecular formula is C20H21ClFN3O3. The number of methoxy groups -OCH3 is 1. The van der Waals surface area contributed by atoms with Crippen LogP contribution in [0.1, 0.15) is 27.5 Å². The topological polar surface area (TPSA) is 70.7 Å². The average molecular weight is 406 g/mol. The molecule has 0 radical (unpaired) electrons. The van der Waals surface area contributed by atoms with Crippen LogP contribution in [0.3, 0.4) is 0 Å². The number of hydrogen-bond acceptors (Lipinski definition) is 4. The Morgan fingerprint density at radius 2 is 2.14 bits per heavy atom. The summed E-state index contributed by atoms with van der Waals surface area (Å²) < 4.78 is 18.8. The lowest BCUT2D eigenvalue weighted by Gasteiger charge is -2.36. The van der Waals surface area contributed by atoms with E-state index in [0.29, 0.717) is 24.7 Å². The van der Waals surface area contributed by atoms with Crippen molar-refractivity contribution in [1.82, 2.24) is 15.5 Å². The summed E-state index contributed by atoms with van der Waals surface area (Å²) in [5.41, 5.74) is 1.34. The van der Waals surface area contributed by atoms with Gasteiger partial charge in [0.25, 0.3) is 0 Å². The van der Waals surface area contributed by atoms with E-state index in [-0.39, 0.29) is 29.7 Å². The molecule has 3 rings (SSSR count). The molecule has 6 nitrogen and oxygen atoms in total. The summed E-state index contributed by atoms with van der Waals surface area (Å²) in [6, 6.07) is 11.0. The van der Waals surface area contributed by atoms with Crippen LogP contribution in [0.2, 0.25) is 5.02 Å². The first-order valence-electron chi connectivity index (χ1n) is 8.87. The number of nitrogens with zero attached hydrogens (tertiary/aromatic N) is 1. The molecular weight excluding hydrogens is 385 g/mol. The Hall–Kier alpha value is -2.64. The van der Waals surface area contributed by atoms with Crippen LogP contribution in [-0.4, -0.2) is 43.6 Å². The van der Waals surface area contributed by atoms with Crippen molar-refractivity contribution in [2.24, 2.45) is 0 Å². The minimum Gasteiger partial charge on any atom is -0.465 e. The van der Waals surface area contributed by atoms with Gasteiger partial charge in [0.05, 0.1) is 18.7 Å². The molecule has 2 amide bonds. The van der Waals surface area contributed by atoms with Crippen LogP contribution in [0.4, 0.5) is 9.18 Å². The van der Waals surface area contributed by atoms with Crippen LogP contribution >= 0.6 is 11.6 Å². The highest BCUT2D eigenvalue weighted by atomic mass is 35.5. The summed E-state index contributed by atoms with van der Waals surface area (Å²) in [7, 11) is 1.23. The first-order valence-corrected chi connectivity index (χ1v) is 9.25. The third kappa shape index (κ3) is 4.61. The first kappa shape index (κ1) is 20.1. The van der Waals surface area contributed by atoms with Crippen molar-refractivity contribution in [2.45, 2.75) is 12.6 Å².